The molecular formula is C29H31F4N3O5. The van der Waals surface area contributed by atoms with Gasteiger partial charge in [0.15, 0.2) is 17.3 Å². The van der Waals surface area contributed by atoms with E-state index < -0.39 is 47.5 Å². The van der Waals surface area contributed by atoms with Gasteiger partial charge in [-0.05, 0) is 61.9 Å². The topological polar surface area (TPSA) is 118 Å². The lowest BCUT2D eigenvalue weighted by atomic mass is 9.86. The number of anilines is 1. The molecule has 2 atom stereocenters. The molecule has 0 unspecified atom stereocenters. The van der Waals surface area contributed by atoms with Gasteiger partial charge in [-0.25, -0.2) is 9.37 Å². The van der Waals surface area contributed by atoms with E-state index in [0.717, 1.165) is 18.2 Å². The summed E-state index contributed by atoms with van der Waals surface area (Å²) < 4.78 is 67.9. The second-order valence-electron chi connectivity index (χ2n) is 10.3. The lowest BCUT2D eigenvalue weighted by Crippen LogP contribution is -2.44. The van der Waals surface area contributed by atoms with Crippen molar-refractivity contribution >= 4 is 11.5 Å². The van der Waals surface area contributed by atoms with Crippen LogP contribution in [0.15, 0.2) is 48.5 Å². The molecule has 4 rings (SSSR count). The number of ketones is 1. The van der Waals surface area contributed by atoms with Gasteiger partial charge in [0.2, 0.25) is 5.60 Å². The summed E-state index contributed by atoms with van der Waals surface area (Å²) in [5.74, 6) is -0.808. The number of Topliss-reactive ketones (excluding diaryl/α,β-unsaturated/α-hetero) is 1. The van der Waals surface area contributed by atoms with Crippen molar-refractivity contribution in [2.24, 2.45) is 5.73 Å². The first kappa shape index (κ1) is 30.2. The number of methoxy groups -OCH3 is 1. The number of nitrogens with two attached hydrogens (primary N) is 1. The Kier molecular flexibility index (Phi) is 8.30. The van der Waals surface area contributed by atoms with Gasteiger partial charge >= 0.3 is 6.18 Å². The predicted molar refractivity (Wildman–Crippen MR) is 144 cm³/mol. The van der Waals surface area contributed by atoms with E-state index in [1.54, 1.807) is 18.9 Å². The zero-order chi connectivity index (χ0) is 30.2. The molecule has 0 bridgehead atoms. The Morgan fingerprint density at radius 1 is 1.15 bits per heavy atom. The Hall–Kier alpha value is -3.74. The maximum Gasteiger partial charge on any atom is 0.422 e. The SMILES string of the molecule is COc1cc(C(=O)CC[C@@](O)(c2cc3c(c(-c4ccc(F)cc4)n2)N(C)C[C@@]3(C)N)C(F)(F)F)ccc1OCCO. The van der Waals surface area contributed by atoms with Crippen molar-refractivity contribution in [2.45, 2.75) is 37.1 Å². The summed E-state index contributed by atoms with van der Waals surface area (Å²) in [6.45, 7) is 1.65. The smallest absolute Gasteiger partial charge is 0.422 e. The van der Waals surface area contributed by atoms with E-state index in [0.29, 0.717) is 16.8 Å². The van der Waals surface area contributed by atoms with Crippen LogP contribution in [0, 0.1) is 5.82 Å². The molecule has 3 aromatic rings. The molecule has 0 amide bonds. The van der Waals surface area contributed by atoms with Crippen molar-refractivity contribution < 1.29 is 42.0 Å². The van der Waals surface area contributed by atoms with Gasteiger partial charge in [-0.15, -0.1) is 0 Å². The third kappa shape index (κ3) is 5.85. The Balaban J connectivity index is 1.74. The minimum atomic E-state index is -5.20. The van der Waals surface area contributed by atoms with Crippen molar-refractivity contribution in [1.82, 2.24) is 4.98 Å². The lowest BCUT2D eigenvalue weighted by Gasteiger charge is -2.31. The number of carbonyl (C=O) groups excluding carboxylic acids is 1. The molecule has 41 heavy (non-hydrogen) atoms. The fourth-order valence-electron chi connectivity index (χ4n) is 5.01. The van der Waals surface area contributed by atoms with Crippen LogP contribution in [0.5, 0.6) is 11.5 Å². The third-order valence-electron chi connectivity index (χ3n) is 7.11. The number of rotatable bonds is 10. The number of aliphatic hydroxyl groups is 2. The minimum Gasteiger partial charge on any atom is -0.493 e. The summed E-state index contributed by atoms with van der Waals surface area (Å²) in [6, 6.07) is 10.3. The van der Waals surface area contributed by atoms with Crippen LogP contribution in [-0.2, 0) is 11.1 Å². The van der Waals surface area contributed by atoms with Crippen molar-refractivity contribution in [2.75, 3.05) is 38.8 Å². The van der Waals surface area contributed by atoms with Gasteiger partial charge in [0.1, 0.15) is 12.4 Å². The number of likely N-dealkylation sites (N-methyl/N-ethyl adjacent to an activating group) is 1. The van der Waals surface area contributed by atoms with E-state index in [1.165, 1.54) is 37.4 Å². The van der Waals surface area contributed by atoms with Gasteiger partial charge in [0, 0.05) is 36.7 Å². The number of pyridine rings is 1. The number of aromatic nitrogens is 1. The third-order valence-corrected chi connectivity index (χ3v) is 7.11. The first-order chi connectivity index (χ1) is 19.2. The van der Waals surface area contributed by atoms with Crippen LogP contribution in [0.4, 0.5) is 23.2 Å². The number of halogens is 4. The fraction of sp³-hybridized carbons (Fsp3) is 0.379. The van der Waals surface area contributed by atoms with E-state index in [9.17, 15) is 27.5 Å². The molecule has 0 saturated carbocycles. The molecule has 0 radical (unpaired) electrons. The van der Waals surface area contributed by atoms with Gasteiger partial charge in [0.05, 0.1) is 36.3 Å². The van der Waals surface area contributed by atoms with Gasteiger partial charge in [-0.2, -0.15) is 13.2 Å². The maximum atomic E-state index is 14.6. The molecule has 1 aliphatic rings. The largest absolute Gasteiger partial charge is 0.493 e. The van der Waals surface area contributed by atoms with Crippen LogP contribution in [0.3, 0.4) is 0 Å². The maximum absolute atomic E-state index is 14.6. The van der Waals surface area contributed by atoms with Gasteiger partial charge in [-0.3, -0.25) is 4.79 Å². The van der Waals surface area contributed by atoms with E-state index in [-0.39, 0.29) is 42.5 Å². The number of carbonyl (C=O) groups is 1. The molecule has 12 heteroatoms. The highest BCUT2D eigenvalue weighted by molar-refractivity contribution is 5.96. The second-order valence-corrected chi connectivity index (χ2v) is 10.3. The van der Waals surface area contributed by atoms with Crippen molar-refractivity contribution in [3.63, 3.8) is 0 Å². The minimum absolute atomic E-state index is 0.0202. The molecule has 1 aliphatic heterocycles. The van der Waals surface area contributed by atoms with Gasteiger partial charge in [-0.1, -0.05) is 0 Å². The zero-order valence-corrected chi connectivity index (χ0v) is 22.8. The number of nitrogens with zero attached hydrogens (tertiary/aromatic N) is 2. The van der Waals surface area contributed by atoms with Crippen LogP contribution in [0.2, 0.25) is 0 Å². The first-order valence-electron chi connectivity index (χ1n) is 12.8. The number of benzene rings is 2. The number of hydrogen-bond acceptors (Lipinski definition) is 8. The van der Waals surface area contributed by atoms with E-state index in [4.69, 9.17) is 20.3 Å². The fourth-order valence-corrected chi connectivity index (χ4v) is 5.01. The Labute approximate surface area is 234 Å². The molecule has 0 spiro atoms. The van der Waals surface area contributed by atoms with Crippen LogP contribution in [-0.4, -0.2) is 61.1 Å². The van der Waals surface area contributed by atoms with E-state index in [1.807, 2.05) is 0 Å². The number of aliphatic hydroxyl groups excluding tert-OH is 1. The summed E-state index contributed by atoms with van der Waals surface area (Å²) in [6.07, 6.45) is -6.91. The van der Waals surface area contributed by atoms with Crippen LogP contribution >= 0.6 is 0 Å². The van der Waals surface area contributed by atoms with Crippen LogP contribution < -0.4 is 20.1 Å². The highest BCUT2D eigenvalue weighted by atomic mass is 19.4. The van der Waals surface area contributed by atoms with Crippen molar-refractivity contribution in [3.05, 3.63) is 71.2 Å². The lowest BCUT2D eigenvalue weighted by molar-refractivity contribution is -0.270. The van der Waals surface area contributed by atoms with E-state index in [2.05, 4.69) is 4.98 Å². The highest BCUT2D eigenvalue weighted by Crippen LogP contribution is 2.48. The predicted octanol–water partition coefficient (Wildman–Crippen LogP) is 4.30. The summed E-state index contributed by atoms with van der Waals surface area (Å²) in [4.78, 5) is 19.0. The number of hydrogen-bond donors (Lipinski definition) is 3. The Morgan fingerprint density at radius 2 is 1.83 bits per heavy atom. The molecule has 0 saturated heterocycles. The quantitative estimate of drug-likeness (QED) is 0.241. The first-order valence-corrected chi connectivity index (χ1v) is 12.8. The monoisotopic (exact) mass is 577 g/mol. The standard InChI is InChI=1S/C29H31F4N3O5/c1-27(34)16-36(2)26-20(27)15-24(35-25(26)17-4-7-19(30)8-5-17)28(39,29(31,32)33)11-10-21(38)18-6-9-22(41-13-12-37)23(14-18)40-3/h4-9,14-15,37,39H,10-13,16,34H2,1-3H3/t27-,28-/m1/s1. The summed E-state index contributed by atoms with van der Waals surface area (Å²) in [5.41, 5.74) is 2.47. The summed E-state index contributed by atoms with van der Waals surface area (Å²) in [7, 11) is 3.05. The molecule has 220 valence electrons. The molecule has 2 heterocycles. The molecule has 8 nitrogen and oxygen atoms in total. The Morgan fingerprint density at radius 3 is 2.44 bits per heavy atom. The average molecular weight is 578 g/mol. The molecular weight excluding hydrogens is 546 g/mol. The Bertz CT molecular complexity index is 1430. The molecule has 0 aliphatic carbocycles. The van der Waals surface area contributed by atoms with Crippen molar-refractivity contribution in [1.29, 1.82) is 0 Å². The summed E-state index contributed by atoms with van der Waals surface area (Å²) in [5, 5.41) is 20.2. The average Bonchev–Trinajstić information content (AvgIpc) is 3.17. The number of alkyl halides is 3. The highest BCUT2D eigenvalue weighted by Gasteiger charge is 2.56. The van der Waals surface area contributed by atoms with Crippen LogP contribution in [0.1, 0.15) is 41.4 Å². The van der Waals surface area contributed by atoms with Crippen LogP contribution in [0.25, 0.3) is 11.3 Å². The zero-order valence-electron chi connectivity index (χ0n) is 22.8. The molecule has 1 aromatic heterocycles. The van der Waals surface area contributed by atoms with Gasteiger partial charge < -0.3 is 30.3 Å². The molecule has 2 aromatic carbocycles. The van der Waals surface area contributed by atoms with Gasteiger partial charge in [0.25, 0.3) is 0 Å². The number of fused-ring (bicyclic) bond motifs is 1. The second kappa shape index (κ2) is 11.3. The normalized spacial score (nSPS) is 18.1. The molecule has 4 N–H and O–H groups in total. The van der Waals surface area contributed by atoms with Crippen molar-refractivity contribution in [3.8, 4) is 22.8 Å². The molecule has 0 fully saturated rings. The number of ether oxygens (including phenoxy) is 2. The van der Waals surface area contributed by atoms with E-state index >= 15 is 0 Å². The summed E-state index contributed by atoms with van der Waals surface area (Å²) >= 11 is 0.